The number of carbonyl (C=O) groups excluding carboxylic acids is 1. The molecular weight excluding hydrogens is 158 g/mol. The minimum atomic E-state index is -1.06. The number of aliphatic hydroxyl groups is 1. The minimum absolute atomic E-state index is 0.535. The molecule has 0 bridgehead atoms. The van der Waals surface area contributed by atoms with Crippen molar-refractivity contribution in [3.05, 3.63) is 0 Å². The number of rotatable bonds is 4. The van der Waals surface area contributed by atoms with Gasteiger partial charge in [-0.1, -0.05) is 13.3 Å². The third-order valence-electron chi connectivity index (χ3n) is 1.83. The lowest BCUT2D eigenvalue weighted by Gasteiger charge is -2.25. The van der Waals surface area contributed by atoms with Crippen LogP contribution in [0.4, 0.5) is 0 Å². The fourth-order valence-electron chi connectivity index (χ4n) is 1.13. The van der Waals surface area contributed by atoms with Crippen molar-refractivity contribution >= 4 is 5.97 Å². The van der Waals surface area contributed by atoms with Crippen molar-refractivity contribution in [2.75, 3.05) is 0 Å². The van der Waals surface area contributed by atoms with E-state index in [0.717, 1.165) is 6.42 Å². The van der Waals surface area contributed by atoms with E-state index >= 15 is 0 Å². The molecule has 0 rings (SSSR count). The number of hydrogen-bond donors (Lipinski definition) is 2. The van der Waals surface area contributed by atoms with Crippen molar-refractivity contribution in [3.8, 4) is 0 Å². The van der Waals surface area contributed by atoms with Crippen LogP contribution in [0.25, 0.3) is 0 Å². The Morgan fingerprint density at radius 2 is 2.17 bits per heavy atom. The van der Waals surface area contributed by atoms with E-state index in [2.05, 4.69) is 4.84 Å². The largest absolute Gasteiger partial charge is 0.390 e. The molecule has 0 amide bonds. The second-order valence-electron chi connectivity index (χ2n) is 3.43. The van der Waals surface area contributed by atoms with Crippen LogP contribution in [0.2, 0.25) is 0 Å². The molecule has 12 heavy (non-hydrogen) atoms. The fourth-order valence-corrected chi connectivity index (χ4v) is 1.13. The fraction of sp³-hybridized carbons (Fsp3) is 0.875. The van der Waals surface area contributed by atoms with E-state index in [1.807, 2.05) is 6.92 Å². The van der Waals surface area contributed by atoms with Gasteiger partial charge >= 0.3 is 5.97 Å². The number of hydrogen-bond acceptors (Lipinski definition) is 4. The van der Waals surface area contributed by atoms with Gasteiger partial charge in [0, 0.05) is 0 Å². The van der Waals surface area contributed by atoms with Crippen molar-refractivity contribution in [1.29, 1.82) is 0 Å². The number of carbonyl (C=O) groups is 1. The van der Waals surface area contributed by atoms with Crippen molar-refractivity contribution in [2.24, 2.45) is 11.8 Å². The van der Waals surface area contributed by atoms with Gasteiger partial charge in [0.1, 0.15) is 0 Å². The smallest absolute Gasteiger partial charge is 0.330 e. The zero-order valence-electron chi connectivity index (χ0n) is 7.83. The van der Waals surface area contributed by atoms with E-state index in [9.17, 15) is 9.90 Å². The molecule has 0 aromatic rings. The highest BCUT2D eigenvalue weighted by Crippen LogP contribution is 2.22. The van der Waals surface area contributed by atoms with E-state index in [0.29, 0.717) is 6.42 Å². The van der Waals surface area contributed by atoms with E-state index < -0.39 is 17.5 Å². The monoisotopic (exact) mass is 175 g/mol. The maximum atomic E-state index is 11.0. The molecule has 0 aliphatic carbocycles. The first kappa shape index (κ1) is 11.4. The van der Waals surface area contributed by atoms with Gasteiger partial charge in [-0.25, -0.2) is 4.79 Å². The van der Waals surface area contributed by atoms with Crippen LogP contribution in [-0.4, -0.2) is 16.7 Å². The van der Waals surface area contributed by atoms with Crippen LogP contribution in [0.15, 0.2) is 0 Å². The molecule has 0 aromatic carbocycles. The van der Waals surface area contributed by atoms with Crippen molar-refractivity contribution in [2.45, 2.75) is 39.2 Å². The lowest BCUT2D eigenvalue weighted by Crippen LogP contribution is -2.38. The average Bonchev–Trinajstić information content (AvgIpc) is 1.96. The van der Waals surface area contributed by atoms with Crippen LogP contribution in [0, 0.1) is 5.92 Å². The summed E-state index contributed by atoms with van der Waals surface area (Å²) in [6.45, 7) is 5.08. The van der Waals surface area contributed by atoms with Crippen LogP contribution in [0.3, 0.4) is 0 Å². The Hall–Kier alpha value is -0.610. The lowest BCUT2D eigenvalue weighted by molar-refractivity contribution is -0.157. The summed E-state index contributed by atoms with van der Waals surface area (Å²) in [7, 11) is 0. The summed E-state index contributed by atoms with van der Waals surface area (Å²) >= 11 is 0. The van der Waals surface area contributed by atoms with Gasteiger partial charge < -0.3 is 9.94 Å². The van der Waals surface area contributed by atoms with E-state index in [4.69, 9.17) is 5.90 Å². The van der Waals surface area contributed by atoms with Crippen LogP contribution >= 0.6 is 0 Å². The van der Waals surface area contributed by atoms with Crippen LogP contribution in [0.1, 0.15) is 33.6 Å². The molecule has 0 spiro atoms. The molecule has 0 saturated carbocycles. The summed E-state index contributed by atoms with van der Waals surface area (Å²) in [5, 5.41) is 9.55. The normalized spacial score (nSPS) is 14.1. The molecule has 1 unspecified atom stereocenters. The van der Waals surface area contributed by atoms with Gasteiger partial charge in [0.15, 0.2) is 0 Å². The maximum absolute atomic E-state index is 11.0. The summed E-state index contributed by atoms with van der Waals surface area (Å²) in [6.07, 6.45) is 1.39. The van der Waals surface area contributed by atoms with Crippen molar-refractivity contribution in [3.63, 3.8) is 0 Å². The van der Waals surface area contributed by atoms with Gasteiger partial charge in [0.25, 0.3) is 0 Å². The van der Waals surface area contributed by atoms with Crippen LogP contribution in [-0.2, 0) is 9.63 Å². The topological polar surface area (TPSA) is 72.5 Å². The molecule has 3 N–H and O–H groups in total. The van der Waals surface area contributed by atoms with E-state index in [1.165, 1.54) is 0 Å². The standard InChI is InChI=1S/C8H17NO3/c1-4-5-6(7(10)12-9)8(2,3)11/h6,11H,4-5,9H2,1-3H3. The maximum Gasteiger partial charge on any atom is 0.330 e. The summed E-state index contributed by atoms with van der Waals surface area (Å²) in [5.74, 6) is 3.65. The molecule has 0 radical (unpaired) electrons. The van der Waals surface area contributed by atoms with E-state index in [1.54, 1.807) is 13.8 Å². The zero-order chi connectivity index (χ0) is 9.78. The summed E-state index contributed by atoms with van der Waals surface area (Å²) in [5.41, 5.74) is -1.06. The molecule has 0 fully saturated rings. The second-order valence-corrected chi connectivity index (χ2v) is 3.43. The SMILES string of the molecule is CCCC(C(=O)ON)C(C)(C)O. The Morgan fingerprint density at radius 3 is 2.42 bits per heavy atom. The quantitative estimate of drug-likeness (QED) is 0.613. The lowest BCUT2D eigenvalue weighted by atomic mass is 9.87. The minimum Gasteiger partial charge on any atom is -0.390 e. The Balaban J connectivity index is 4.33. The molecule has 4 nitrogen and oxygen atoms in total. The second kappa shape index (κ2) is 4.42. The van der Waals surface area contributed by atoms with Crippen molar-refractivity contribution in [1.82, 2.24) is 0 Å². The van der Waals surface area contributed by atoms with Crippen LogP contribution in [0.5, 0.6) is 0 Å². The highest BCUT2D eigenvalue weighted by molar-refractivity contribution is 5.73. The molecular formula is C8H17NO3. The van der Waals surface area contributed by atoms with Gasteiger partial charge in [-0.3, -0.25) is 0 Å². The third-order valence-corrected chi connectivity index (χ3v) is 1.83. The Morgan fingerprint density at radius 1 is 1.67 bits per heavy atom. The van der Waals surface area contributed by atoms with Gasteiger partial charge in [-0.05, 0) is 20.3 Å². The molecule has 0 aromatic heterocycles. The first-order valence-corrected chi connectivity index (χ1v) is 4.06. The Kier molecular flexibility index (Phi) is 4.20. The highest BCUT2D eigenvalue weighted by Gasteiger charge is 2.33. The number of nitrogens with two attached hydrogens (primary N) is 1. The van der Waals surface area contributed by atoms with Crippen LogP contribution < -0.4 is 5.90 Å². The molecule has 0 aliphatic rings. The average molecular weight is 175 g/mol. The Bertz CT molecular complexity index is 151. The first-order valence-electron chi connectivity index (χ1n) is 4.06. The predicted molar refractivity (Wildman–Crippen MR) is 45.0 cm³/mol. The van der Waals surface area contributed by atoms with Crippen molar-refractivity contribution < 1.29 is 14.7 Å². The summed E-state index contributed by atoms with van der Waals surface area (Å²) in [4.78, 5) is 15.1. The first-order chi connectivity index (χ1) is 5.43. The zero-order valence-corrected chi connectivity index (χ0v) is 7.83. The predicted octanol–water partition coefficient (Wildman–Crippen LogP) is 0.591. The summed E-state index contributed by atoms with van der Waals surface area (Å²) < 4.78 is 0. The molecule has 4 heteroatoms. The summed E-state index contributed by atoms with van der Waals surface area (Å²) in [6, 6.07) is 0. The molecule has 72 valence electrons. The molecule has 0 saturated heterocycles. The molecule has 0 aliphatic heterocycles. The Labute approximate surface area is 72.7 Å². The van der Waals surface area contributed by atoms with Gasteiger partial charge in [0.2, 0.25) is 0 Å². The van der Waals surface area contributed by atoms with Gasteiger partial charge in [-0.15, -0.1) is 0 Å². The molecule has 0 heterocycles. The van der Waals surface area contributed by atoms with Gasteiger partial charge in [0.05, 0.1) is 11.5 Å². The van der Waals surface area contributed by atoms with E-state index in [-0.39, 0.29) is 0 Å². The van der Waals surface area contributed by atoms with Gasteiger partial charge in [-0.2, -0.15) is 5.90 Å². The molecule has 1 atom stereocenters. The third kappa shape index (κ3) is 3.19. The highest BCUT2D eigenvalue weighted by atomic mass is 16.7.